The first-order valence-corrected chi connectivity index (χ1v) is 8.26. The van der Waals surface area contributed by atoms with Crippen molar-refractivity contribution >= 4 is 28.1 Å². The van der Waals surface area contributed by atoms with Crippen LogP contribution in [-0.4, -0.2) is 40.6 Å². The minimum atomic E-state index is -0.165. The maximum atomic E-state index is 12.1. The molecule has 0 radical (unpaired) electrons. The number of hydrogen-bond acceptors (Lipinski definition) is 6. The summed E-state index contributed by atoms with van der Waals surface area (Å²) in [6.07, 6.45) is 7.41. The van der Waals surface area contributed by atoms with Crippen molar-refractivity contribution in [3.8, 4) is 0 Å². The minimum absolute atomic E-state index is 0.165. The Kier molecular flexibility index (Phi) is 3.06. The van der Waals surface area contributed by atoms with Gasteiger partial charge in [0, 0.05) is 25.3 Å². The number of aromatic nitrogens is 7. The Hall–Kier alpha value is -3.23. The fourth-order valence-corrected chi connectivity index (χ4v) is 3.08. The molecule has 0 unspecified atom stereocenters. The van der Waals surface area contributed by atoms with Crippen LogP contribution >= 0.6 is 0 Å². The average molecular weight is 336 g/mol. The van der Waals surface area contributed by atoms with Gasteiger partial charge in [0.25, 0.3) is 0 Å². The van der Waals surface area contributed by atoms with Crippen LogP contribution in [0.25, 0.3) is 22.3 Å². The summed E-state index contributed by atoms with van der Waals surface area (Å²) in [5, 5.41) is 3.26. The predicted molar refractivity (Wildman–Crippen MR) is 92.4 cm³/mol. The molecule has 0 bridgehead atoms. The molecular weight excluding hydrogens is 320 g/mol. The molecule has 0 spiro atoms. The van der Waals surface area contributed by atoms with Crippen LogP contribution in [0.5, 0.6) is 0 Å². The lowest BCUT2D eigenvalue weighted by molar-refractivity contribution is 0.713. The summed E-state index contributed by atoms with van der Waals surface area (Å²) in [6, 6.07) is 4.16. The molecule has 25 heavy (non-hydrogen) atoms. The molecule has 4 heterocycles. The highest BCUT2D eigenvalue weighted by Crippen LogP contribution is 2.37. The van der Waals surface area contributed by atoms with Crippen LogP contribution in [0.15, 0.2) is 35.8 Å². The first-order valence-electron chi connectivity index (χ1n) is 8.26. The monoisotopic (exact) mass is 336 g/mol. The molecule has 9 nitrogen and oxygen atoms in total. The molecule has 0 amide bonds. The van der Waals surface area contributed by atoms with Crippen molar-refractivity contribution in [2.45, 2.75) is 25.4 Å². The van der Waals surface area contributed by atoms with Gasteiger partial charge in [-0.3, -0.25) is 4.57 Å². The van der Waals surface area contributed by atoms with Gasteiger partial charge in [-0.25, -0.2) is 24.7 Å². The second-order valence-corrected chi connectivity index (χ2v) is 6.16. The molecule has 2 N–H and O–H groups in total. The smallest absolute Gasteiger partial charge is 0.327 e. The SMILES string of the molecule is O=c1[nH]c2cccnc2n1CCNc1ncnc2c1ncn2C1CC1. The maximum absolute atomic E-state index is 12.1. The van der Waals surface area contributed by atoms with Crippen LogP contribution < -0.4 is 11.0 Å². The first kappa shape index (κ1) is 14.1. The Labute approximate surface area is 141 Å². The van der Waals surface area contributed by atoms with Gasteiger partial charge in [0.15, 0.2) is 17.1 Å². The molecule has 4 aromatic rings. The number of H-pyrrole nitrogens is 1. The predicted octanol–water partition coefficient (Wildman–Crippen LogP) is 1.31. The topological polar surface area (TPSA) is 106 Å². The Bertz CT molecular complexity index is 1120. The Morgan fingerprint density at radius 3 is 3.00 bits per heavy atom. The van der Waals surface area contributed by atoms with Gasteiger partial charge in [0.1, 0.15) is 11.8 Å². The summed E-state index contributed by atoms with van der Waals surface area (Å²) < 4.78 is 3.72. The molecule has 1 aliphatic rings. The van der Waals surface area contributed by atoms with Crippen LogP contribution in [0.2, 0.25) is 0 Å². The van der Waals surface area contributed by atoms with E-state index in [2.05, 4.69) is 34.8 Å². The van der Waals surface area contributed by atoms with Gasteiger partial charge >= 0.3 is 5.69 Å². The van der Waals surface area contributed by atoms with E-state index in [1.54, 1.807) is 23.2 Å². The zero-order valence-corrected chi connectivity index (χ0v) is 13.4. The fourth-order valence-electron chi connectivity index (χ4n) is 3.08. The van der Waals surface area contributed by atoms with Gasteiger partial charge in [0.05, 0.1) is 11.8 Å². The molecule has 1 aliphatic carbocycles. The zero-order valence-electron chi connectivity index (χ0n) is 13.4. The molecule has 0 saturated heterocycles. The van der Waals surface area contributed by atoms with E-state index in [1.807, 2.05) is 12.4 Å². The molecule has 1 fully saturated rings. The lowest BCUT2D eigenvalue weighted by atomic mass is 10.4. The van der Waals surface area contributed by atoms with Crippen LogP contribution in [0.1, 0.15) is 18.9 Å². The second-order valence-electron chi connectivity index (χ2n) is 6.16. The largest absolute Gasteiger partial charge is 0.366 e. The highest BCUT2D eigenvalue weighted by molar-refractivity contribution is 5.82. The van der Waals surface area contributed by atoms with E-state index < -0.39 is 0 Å². The van der Waals surface area contributed by atoms with Crippen molar-refractivity contribution in [2.75, 3.05) is 11.9 Å². The van der Waals surface area contributed by atoms with E-state index in [9.17, 15) is 4.79 Å². The van der Waals surface area contributed by atoms with Crippen molar-refractivity contribution in [2.24, 2.45) is 0 Å². The molecule has 0 aliphatic heterocycles. The van der Waals surface area contributed by atoms with E-state index >= 15 is 0 Å². The molecule has 0 aromatic carbocycles. The summed E-state index contributed by atoms with van der Waals surface area (Å²) in [5.41, 5.74) is 2.84. The van der Waals surface area contributed by atoms with Gasteiger partial charge in [-0.1, -0.05) is 0 Å². The number of aromatic amines is 1. The third-order valence-electron chi connectivity index (χ3n) is 4.46. The highest BCUT2D eigenvalue weighted by Gasteiger charge is 2.26. The number of fused-ring (bicyclic) bond motifs is 2. The van der Waals surface area contributed by atoms with Gasteiger partial charge in [-0.05, 0) is 25.0 Å². The van der Waals surface area contributed by atoms with Crippen LogP contribution in [0, 0.1) is 0 Å². The van der Waals surface area contributed by atoms with Gasteiger partial charge < -0.3 is 14.9 Å². The summed E-state index contributed by atoms with van der Waals surface area (Å²) in [4.78, 5) is 32.3. The van der Waals surface area contributed by atoms with E-state index in [0.717, 1.165) is 16.7 Å². The van der Waals surface area contributed by atoms with Crippen LogP contribution in [-0.2, 0) is 6.54 Å². The summed E-state index contributed by atoms with van der Waals surface area (Å²) in [7, 11) is 0. The molecular formula is C16H16N8O. The summed E-state index contributed by atoms with van der Waals surface area (Å²) in [6.45, 7) is 1.01. The van der Waals surface area contributed by atoms with Crippen LogP contribution in [0.3, 0.4) is 0 Å². The molecule has 0 atom stereocenters. The molecule has 5 rings (SSSR count). The van der Waals surface area contributed by atoms with Crippen molar-refractivity contribution in [3.63, 3.8) is 0 Å². The number of hydrogen-bond donors (Lipinski definition) is 2. The second kappa shape index (κ2) is 5.40. The number of imidazole rings is 2. The molecule has 9 heteroatoms. The Morgan fingerprint density at radius 1 is 1.20 bits per heavy atom. The van der Waals surface area contributed by atoms with E-state index in [0.29, 0.717) is 30.6 Å². The Balaban J connectivity index is 1.39. The number of anilines is 1. The molecule has 126 valence electrons. The van der Waals surface area contributed by atoms with Crippen LogP contribution in [0.4, 0.5) is 5.82 Å². The zero-order chi connectivity index (χ0) is 16.8. The van der Waals surface area contributed by atoms with Crippen molar-refractivity contribution in [1.29, 1.82) is 0 Å². The maximum Gasteiger partial charge on any atom is 0.327 e. The third kappa shape index (κ3) is 2.35. The standard InChI is InChI=1S/C16H16N8O/c25-16-22-11-2-1-5-18-14(11)23(16)7-6-17-13-12-15(20-8-19-13)24(9-21-12)10-3-4-10/h1-2,5,8-10H,3-4,6-7H2,(H,22,25)(H,17,19,20). The van der Waals surface area contributed by atoms with E-state index in [4.69, 9.17) is 0 Å². The lowest BCUT2D eigenvalue weighted by Crippen LogP contribution is -2.22. The lowest BCUT2D eigenvalue weighted by Gasteiger charge is -2.07. The van der Waals surface area contributed by atoms with Crippen molar-refractivity contribution in [1.82, 2.24) is 34.1 Å². The van der Waals surface area contributed by atoms with E-state index in [1.165, 1.54) is 12.8 Å². The quantitative estimate of drug-likeness (QED) is 0.569. The number of nitrogens with one attached hydrogen (secondary N) is 2. The number of pyridine rings is 1. The first-order chi connectivity index (χ1) is 12.3. The fraction of sp³-hybridized carbons (Fsp3) is 0.312. The van der Waals surface area contributed by atoms with Crippen molar-refractivity contribution < 1.29 is 0 Å². The van der Waals surface area contributed by atoms with Gasteiger partial charge in [-0.2, -0.15) is 0 Å². The van der Waals surface area contributed by atoms with E-state index in [-0.39, 0.29) is 5.69 Å². The van der Waals surface area contributed by atoms with Gasteiger partial charge in [-0.15, -0.1) is 0 Å². The Morgan fingerprint density at radius 2 is 2.12 bits per heavy atom. The molecule has 4 aromatic heterocycles. The summed E-state index contributed by atoms with van der Waals surface area (Å²) >= 11 is 0. The summed E-state index contributed by atoms with van der Waals surface area (Å²) in [5.74, 6) is 0.685. The van der Waals surface area contributed by atoms with Gasteiger partial charge in [0.2, 0.25) is 0 Å². The minimum Gasteiger partial charge on any atom is -0.366 e. The number of nitrogens with zero attached hydrogens (tertiary/aromatic N) is 6. The third-order valence-corrected chi connectivity index (χ3v) is 4.46. The van der Waals surface area contributed by atoms with Crippen molar-refractivity contribution in [3.05, 3.63) is 41.5 Å². The molecule has 1 saturated carbocycles. The number of rotatable bonds is 5. The normalized spacial score (nSPS) is 14.4. The highest BCUT2D eigenvalue weighted by atomic mass is 16.1. The average Bonchev–Trinajstić information content (AvgIpc) is 3.29.